The molecule has 0 fully saturated rings. The third-order valence-corrected chi connectivity index (χ3v) is 3.89. The summed E-state index contributed by atoms with van der Waals surface area (Å²) in [6.07, 6.45) is 3.57. The van der Waals surface area contributed by atoms with Crippen molar-refractivity contribution in [1.29, 1.82) is 0 Å². The monoisotopic (exact) mass is 298 g/mol. The number of aromatic nitrogens is 2. The van der Waals surface area contributed by atoms with E-state index in [-0.39, 0.29) is 6.04 Å². The lowest BCUT2D eigenvalue weighted by Crippen LogP contribution is -2.24. The molecule has 2 unspecified atom stereocenters. The van der Waals surface area contributed by atoms with E-state index in [2.05, 4.69) is 27.5 Å². The van der Waals surface area contributed by atoms with Gasteiger partial charge in [-0.05, 0) is 20.3 Å². The van der Waals surface area contributed by atoms with Crippen LogP contribution in [0.1, 0.15) is 38.6 Å². The molecule has 1 heterocycles. The lowest BCUT2D eigenvalue weighted by Gasteiger charge is -2.18. The summed E-state index contributed by atoms with van der Waals surface area (Å²) in [6, 6.07) is 0.123. The maximum Gasteiger partial charge on any atom is 0.135 e. The van der Waals surface area contributed by atoms with Crippen molar-refractivity contribution in [1.82, 2.24) is 9.97 Å². The van der Waals surface area contributed by atoms with Gasteiger partial charge < -0.3 is 10.6 Å². The lowest BCUT2D eigenvalue weighted by atomic mass is 10.2. The largest absolute Gasteiger partial charge is 0.370 e. The molecule has 0 spiro atoms. The Morgan fingerprint density at radius 1 is 1.25 bits per heavy atom. The lowest BCUT2D eigenvalue weighted by molar-refractivity contribution is 0.682. The van der Waals surface area contributed by atoms with Crippen LogP contribution in [0.3, 0.4) is 0 Å². The fourth-order valence-corrected chi connectivity index (χ4v) is 2.69. The first-order valence-corrected chi connectivity index (χ1v) is 8.88. The Hall–Kier alpha value is -1.17. The van der Waals surface area contributed by atoms with Gasteiger partial charge >= 0.3 is 0 Å². The van der Waals surface area contributed by atoms with Crippen molar-refractivity contribution in [3.8, 4) is 0 Å². The minimum absolute atomic E-state index is 0.123. The smallest absolute Gasteiger partial charge is 0.135 e. The van der Waals surface area contributed by atoms with Crippen LogP contribution in [0.2, 0.25) is 0 Å². The van der Waals surface area contributed by atoms with Crippen molar-refractivity contribution >= 4 is 22.4 Å². The first-order chi connectivity index (χ1) is 9.47. The first kappa shape index (κ1) is 16.9. The number of nitrogens with one attached hydrogen (secondary N) is 2. The SMILES string of the molecule is CCCNc1nc(CC)nc(NC(C)CS(C)=O)c1C. The fraction of sp³-hybridized carbons (Fsp3) is 0.714. The van der Waals surface area contributed by atoms with Gasteiger partial charge in [-0.25, -0.2) is 9.97 Å². The van der Waals surface area contributed by atoms with Crippen LogP contribution in [0, 0.1) is 6.92 Å². The van der Waals surface area contributed by atoms with Gasteiger partial charge in [0.25, 0.3) is 0 Å². The molecule has 1 aromatic rings. The normalized spacial score (nSPS) is 13.8. The van der Waals surface area contributed by atoms with E-state index in [0.717, 1.165) is 42.4 Å². The van der Waals surface area contributed by atoms with E-state index >= 15 is 0 Å². The Morgan fingerprint density at radius 2 is 1.90 bits per heavy atom. The van der Waals surface area contributed by atoms with E-state index in [1.165, 1.54) is 0 Å². The number of nitrogens with zero attached hydrogens (tertiary/aromatic N) is 2. The van der Waals surface area contributed by atoms with Crippen molar-refractivity contribution < 1.29 is 4.21 Å². The van der Waals surface area contributed by atoms with Crippen molar-refractivity contribution in [3.05, 3.63) is 11.4 Å². The summed E-state index contributed by atoms with van der Waals surface area (Å²) in [4.78, 5) is 9.08. The highest BCUT2D eigenvalue weighted by atomic mass is 32.2. The summed E-state index contributed by atoms with van der Waals surface area (Å²) >= 11 is 0. The van der Waals surface area contributed by atoms with Crippen molar-refractivity contribution in [3.63, 3.8) is 0 Å². The average Bonchev–Trinajstić information content (AvgIpc) is 2.38. The molecule has 0 saturated heterocycles. The van der Waals surface area contributed by atoms with Crippen molar-refractivity contribution in [2.75, 3.05) is 29.2 Å². The summed E-state index contributed by atoms with van der Waals surface area (Å²) < 4.78 is 11.3. The molecule has 2 N–H and O–H groups in total. The van der Waals surface area contributed by atoms with Gasteiger partial charge in [0, 0.05) is 47.4 Å². The molecule has 114 valence electrons. The number of hydrogen-bond donors (Lipinski definition) is 2. The second-order valence-corrected chi connectivity index (χ2v) is 6.51. The van der Waals surface area contributed by atoms with E-state index in [9.17, 15) is 4.21 Å². The predicted molar refractivity (Wildman–Crippen MR) is 86.9 cm³/mol. The topological polar surface area (TPSA) is 66.9 Å². The molecule has 0 aromatic carbocycles. The van der Waals surface area contributed by atoms with Crippen LogP contribution in [-0.4, -0.2) is 38.8 Å². The molecule has 0 amide bonds. The van der Waals surface area contributed by atoms with Gasteiger partial charge in [0.1, 0.15) is 17.5 Å². The zero-order chi connectivity index (χ0) is 15.1. The second-order valence-electron chi connectivity index (χ2n) is 5.03. The van der Waals surface area contributed by atoms with E-state index in [1.807, 2.05) is 20.8 Å². The summed E-state index contributed by atoms with van der Waals surface area (Å²) in [5, 5.41) is 6.69. The van der Waals surface area contributed by atoms with E-state index in [4.69, 9.17) is 0 Å². The maximum absolute atomic E-state index is 11.3. The van der Waals surface area contributed by atoms with Gasteiger partial charge in [0.05, 0.1) is 0 Å². The molecule has 0 aliphatic heterocycles. The number of aryl methyl sites for hydroxylation is 1. The summed E-state index contributed by atoms with van der Waals surface area (Å²) in [7, 11) is -0.815. The van der Waals surface area contributed by atoms with Crippen molar-refractivity contribution in [2.45, 2.75) is 46.6 Å². The Balaban J connectivity index is 2.95. The number of hydrogen-bond acceptors (Lipinski definition) is 5. The molecular weight excluding hydrogens is 272 g/mol. The molecule has 20 heavy (non-hydrogen) atoms. The summed E-state index contributed by atoms with van der Waals surface area (Å²) in [5.74, 6) is 3.17. The van der Waals surface area contributed by atoms with Crippen LogP contribution in [-0.2, 0) is 17.2 Å². The molecular formula is C14H26N4OS. The Kier molecular flexibility index (Phi) is 6.91. The standard InChI is InChI=1S/C14H26N4OS/c1-6-8-15-13-11(4)14(18-12(7-2)17-13)16-10(3)9-20(5)19/h10H,6-9H2,1-5H3,(H2,15,16,17,18). The molecule has 5 nitrogen and oxygen atoms in total. The van der Waals surface area contributed by atoms with Crippen LogP contribution in [0.15, 0.2) is 0 Å². The van der Waals surface area contributed by atoms with E-state index in [1.54, 1.807) is 6.26 Å². The van der Waals surface area contributed by atoms with Crippen LogP contribution in [0.4, 0.5) is 11.6 Å². The molecule has 0 saturated carbocycles. The third kappa shape index (κ3) is 5.07. The maximum atomic E-state index is 11.3. The van der Waals surface area contributed by atoms with Gasteiger partial charge in [-0.3, -0.25) is 4.21 Å². The number of rotatable bonds is 8. The zero-order valence-electron chi connectivity index (χ0n) is 13.1. The first-order valence-electron chi connectivity index (χ1n) is 7.15. The molecule has 0 aliphatic carbocycles. The van der Waals surface area contributed by atoms with Crippen LogP contribution in [0.5, 0.6) is 0 Å². The summed E-state index contributed by atoms with van der Waals surface area (Å²) in [6.45, 7) is 9.10. The Morgan fingerprint density at radius 3 is 2.45 bits per heavy atom. The molecule has 1 rings (SSSR count). The van der Waals surface area contributed by atoms with Crippen molar-refractivity contribution in [2.24, 2.45) is 0 Å². The van der Waals surface area contributed by atoms with Gasteiger partial charge in [0.15, 0.2) is 0 Å². The summed E-state index contributed by atoms with van der Waals surface area (Å²) in [5.41, 5.74) is 1.02. The van der Waals surface area contributed by atoms with Gasteiger partial charge in [-0.1, -0.05) is 13.8 Å². The minimum atomic E-state index is -0.815. The van der Waals surface area contributed by atoms with Gasteiger partial charge in [-0.15, -0.1) is 0 Å². The average molecular weight is 298 g/mol. The predicted octanol–water partition coefficient (Wildman–Crippen LogP) is 2.35. The highest BCUT2D eigenvalue weighted by Crippen LogP contribution is 2.21. The van der Waals surface area contributed by atoms with E-state index in [0.29, 0.717) is 5.75 Å². The van der Waals surface area contributed by atoms with Crippen LogP contribution < -0.4 is 10.6 Å². The molecule has 0 aliphatic rings. The van der Waals surface area contributed by atoms with Gasteiger partial charge in [0.2, 0.25) is 0 Å². The van der Waals surface area contributed by atoms with Crippen LogP contribution in [0.25, 0.3) is 0 Å². The third-order valence-electron chi connectivity index (χ3n) is 2.92. The molecule has 1 aromatic heterocycles. The Labute approximate surface area is 124 Å². The minimum Gasteiger partial charge on any atom is -0.370 e. The molecule has 0 bridgehead atoms. The van der Waals surface area contributed by atoms with Gasteiger partial charge in [-0.2, -0.15) is 0 Å². The second kappa shape index (κ2) is 8.19. The molecule has 0 radical (unpaired) electrons. The highest BCUT2D eigenvalue weighted by molar-refractivity contribution is 7.84. The number of anilines is 2. The highest BCUT2D eigenvalue weighted by Gasteiger charge is 2.12. The fourth-order valence-electron chi connectivity index (χ4n) is 1.90. The van der Waals surface area contributed by atoms with E-state index < -0.39 is 10.8 Å². The quantitative estimate of drug-likeness (QED) is 0.771. The van der Waals surface area contributed by atoms with Crippen LogP contribution >= 0.6 is 0 Å². The Bertz CT molecular complexity index is 465. The molecule has 6 heteroatoms. The zero-order valence-corrected chi connectivity index (χ0v) is 13.9. The molecule has 2 atom stereocenters.